The van der Waals surface area contributed by atoms with Crippen molar-refractivity contribution in [2.24, 2.45) is 0 Å². The van der Waals surface area contributed by atoms with Gasteiger partial charge in [0.15, 0.2) is 6.61 Å². The Hall–Kier alpha value is -2.13. The maximum atomic E-state index is 13.6. The summed E-state index contributed by atoms with van der Waals surface area (Å²) in [6, 6.07) is 11.1. The summed E-state index contributed by atoms with van der Waals surface area (Å²) in [5.41, 5.74) is 1.12. The van der Waals surface area contributed by atoms with Crippen LogP contribution in [0, 0.1) is 23.0 Å². The second-order valence-corrected chi connectivity index (χ2v) is 5.04. The van der Waals surface area contributed by atoms with Crippen molar-refractivity contribution in [2.75, 3.05) is 11.9 Å². The Bertz CT molecular complexity index is 669. The first-order valence-electron chi connectivity index (χ1n) is 6.07. The summed E-state index contributed by atoms with van der Waals surface area (Å²) in [5.74, 6) is -0.697. The van der Waals surface area contributed by atoms with E-state index in [1.807, 2.05) is 6.07 Å². The van der Waals surface area contributed by atoms with Crippen LogP contribution in [0.3, 0.4) is 0 Å². The van der Waals surface area contributed by atoms with Gasteiger partial charge in [0.1, 0.15) is 23.5 Å². The summed E-state index contributed by atoms with van der Waals surface area (Å²) in [6.45, 7) is 0.375. The zero-order chi connectivity index (χ0) is 15.2. The van der Waals surface area contributed by atoms with Crippen molar-refractivity contribution in [2.45, 2.75) is 6.54 Å². The lowest BCUT2D eigenvalue weighted by Crippen LogP contribution is -2.02. The molecule has 0 saturated carbocycles. The summed E-state index contributed by atoms with van der Waals surface area (Å²) in [4.78, 5) is 0. The van der Waals surface area contributed by atoms with Crippen LogP contribution in [-0.4, -0.2) is 6.61 Å². The van der Waals surface area contributed by atoms with Crippen molar-refractivity contribution < 1.29 is 13.5 Å². The Balaban J connectivity index is 2.00. The van der Waals surface area contributed by atoms with Crippen LogP contribution >= 0.6 is 15.9 Å². The molecule has 0 fully saturated rings. The normalized spacial score (nSPS) is 10.0. The van der Waals surface area contributed by atoms with Gasteiger partial charge >= 0.3 is 0 Å². The molecule has 2 aromatic carbocycles. The Morgan fingerprint density at radius 3 is 2.52 bits per heavy atom. The van der Waals surface area contributed by atoms with Crippen molar-refractivity contribution in [3.05, 3.63) is 58.1 Å². The van der Waals surface area contributed by atoms with Gasteiger partial charge < -0.3 is 10.1 Å². The maximum Gasteiger partial charge on any atom is 0.174 e. The van der Waals surface area contributed by atoms with Crippen molar-refractivity contribution in [3.8, 4) is 11.8 Å². The third-order valence-electron chi connectivity index (χ3n) is 2.72. The average Bonchev–Trinajstić information content (AvgIpc) is 2.48. The predicted octanol–water partition coefficient (Wildman–Crippen LogP) is 4.24. The first kappa shape index (κ1) is 15.3. The molecule has 0 aliphatic heterocycles. The van der Waals surface area contributed by atoms with E-state index >= 15 is 0 Å². The van der Waals surface area contributed by atoms with Gasteiger partial charge in [-0.3, -0.25) is 0 Å². The van der Waals surface area contributed by atoms with Crippen molar-refractivity contribution in [1.82, 2.24) is 0 Å². The number of rotatable bonds is 5. The Labute approximate surface area is 129 Å². The monoisotopic (exact) mass is 352 g/mol. The van der Waals surface area contributed by atoms with Crippen LogP contribution in [0.5, 0.6) is 5.75 Å². The number of nitriles is 1. The topological polar surface area (TPSA) is 45.0 Å². The Morgan fingerprint density at radius 2 is 1.86 bits per heavy atom. The van der Waals surface area contributed by atoms with E-state index in [2.05, 4.69) is 21.2 Å². The molecule has 0 aliphatic rings. The molecule has 0 unspecified atom stereocenters. The third kappa shape index (κ3) is 4.17. The van der Waals surface area contributed by atoms with Gasteiger partial charge in [0.05, 0.1) is 10.2 Å². The number of ether oxygens (including phenoxy) is 1. The lowest BCUT2D eigenvalue weighted by molar-refractivity contribution is 0.368. The minimum absolute atomic E-state index is 0.00753. The smallest absolute Gasteiger partial charge is 0.174 e. The lowest BCUT2D eigenvalue weighted by atomic mass is 10.2. The SMILES string of the molecule is N#CCOc1ccc(CNc2cc(Br)c(F)cc2F)cc1. The molecule has 0 saturated heterocycles. The van der Waals surface area contributed by atoms with E-state index in [0.717, 1.165) is 11.6 Å². The highest BCUT2D eigenvalue weighted by atomic mass is 79.9. The second-order valence-electron chi connectivity index (χ2n) is 4.19. The molecule has 0 heterocycles. The number of hydrogen-bond donors (Lipinski definition) is 1. The van der Waals surface area contributed by atoms with Crippen LogP contribution in [-0.2, 0) is 6.54 Å². The zero-order valence-electron chi connectivity index (χ0n) is 10.9. The molecule has 2 rings (SSSR count). The molecule has 0 aliphatic carbocycles. The molecule has 1 N–H and O–H groups in total. The molecule has 2 aromatic rings. The van der Waals surface area contributed by atoms with Crippen LogP contribution in [0.25, 0.3) is 0 Å². The van der Waals surface area contributed by atoms with Gasteiger partial charge in [-0.05, 0) is 39.7 Å². The molecule has 21 heavy (non-hydrogen) atoms. The van der Waals surface area contributed by atoms with E-state index in [9.17, 15) is 8.78 Å². The van der Waals surface area contributed by atoms with E-state index < -0.39 is 11.6 Å². The van der Waals surface area contributed by atoms with Crippen LogP contribution in [0.15, 0.2) is 40.9 Å². The largest absolute Gasteiger partial charge is 0.479 e. The molecule has 0 atom stereocenters. The van der Waals surface area contributed by atoms with Gasteiger partial charge in [0.2, 0.25) is 0 Å². The van der Waals surface area contributed by atoms with Crippen molar-refractivity contribution >= 4 is 21.6 Å². The molecule has 0 spiro atoms. The number of nitrogens with zero attached hydrogens (tertiary/aromatic N) is 1. The van der Waals surface area contributed by atoms with Crippen molar-refractivity contribution in [3.63, 3.8) is 0 Å². The maximum absolute atomic E-state index is 13.6. The predicted molar refractivity (Wildman–Crippen MR) is 78.9 cm³/mol. The molecular formula is C15H11BrF2N2O. The highest BCUT2D eigenvalue weighted by Gasteiger charge is 2.07. The fourth-order valence-corrected chi connectivity index (χ4v) is 2.02. The zero-order valence-corrected chi connectivity index (χ0v) is 12.5. The number of halogens is 3. The third-order valence-corrected chi connectivity index (χ3v) is 3.33. The van der Waals surface area contributed by atoms with Crippen LogP contribution in [0.2, 0.25) is 0 Å². The first-order valence-corrected chi connectivity index (χ1v) is 6.86. The Morgan fingerprint density at radius 1 is 1.14 bits per heavy atom. The minimum atomic E-state index is -0.648. The fourth-order valence-electron chi connectivity index (χ4n) is 1.67. The quantitative estimate of drug-likeness (QED) is 0.818. The summed E-state index contributed by atoms with van der Waals surface area (Å²) in [6.07, 6.45) is 0. The van der Waals surface area contributed by atoms with E-state index in [0.29, 0.717) is 12.3 Å². The van der Waals surface area contributed by atoms with Gasteiger partial charge in [0.25, 0.3) is 0 Å². The van der Waals surface area contributed by atoms with Gasteiger partial charge in [-0.25, -0.2) is 8.78 Å². The summed E-state index contributed by atoms with van der Waals surface area (Å²) < 4.78 is 32.0. The standard InChI is InChI=1S/C15H11BrF2N2O/c16-12-7-15(14(18)8-13(12)17)20-9-10-1-3-11(4-2-10)21-6-5-19/h1-4,7-8,20H,6,9H2. The van der Waals surface area contributed by atoms with Gasteiger partial charge in [-0.1, -0.05) is 12.1 Å². The highest BCUT2D eigenvalue weighted by molar-refractivity contribution is 9.10. The van der Waals surface area contributed by atoms with E-state index in [-0.39, 0.29) is 16.8 Å². The van der Waals surface area contributed by atoms with Gasteiger partial charge in [0, 0.05) is 12.6 Å². The number of hydrogen-bond acceptors (Lipinski definition) is 3. The lowest BCUT2D eigenvalue weighted by Gasteiger charge is -2.09. The molecule has 3 nitrogen and oxygen atoms in total. The summed E-state index contributed by atoms with van der Waals surface area (Å²) in [5, 5.41) is 11.3. The fraction of sp³-hybridized carbons (Fsp3) is 0.133. The molecule has 0 radical (unpaired) electrons. The Kier molecular flexibility index (Phi) is 5.12. The minimum Gasteiger partial charge on any atom is -0.479 e. The highest BCUT2D eigenvalue weighted by Crippen LogP contribution is 2.24. The van der Waals surface area contributed by atoms with Crippen LogP contribution in [0.1, 0.15) is 5.56 Å². The molecule has 0 bridgehead atoms. The van der Waals surface area contributed by atoms with Crippen LogP contribution in [0.4, 0.5) is 14.5 Å². The van der Waals surface area contributed by atoms with E-state index in [4.69, 9.17) is 10.00 Å². The summed E-state index contributed by atoms with van der Waals surface area (Å²) >= 11 is 3.02. The van der Waals surface area contributed by atoms with Gasteiger partial charge in [-0.2, -0.15) is 5.26 Å². The number of benzene rings is 2. The number of anilines is 1. The molecule has 108 valence electrons. The van der Waals surface area contributed by atoms with Gasteiger partial charge in [-0.15, -0.1) is 0 Å². The van der Waals surface area contributed by atoms with Crippen molar-refractivity contribution in [1.29, 1.82) is 5.26 Å². The van der Waals surface area contributed by atoms with Crippen LogP contribution < -0.4 is 10.1 Å². The van der Waals surface area contributed by atoms with E-state index in [1.54, 1.807) is 24.3 Å². The molecule has 0 aromatic heterocycles. The molecule has 6 heteroatoms. The number of nitrogens with one attached hydrogen (secondary N) is 1. The first-order chi connectivity index (χ1) is 10.1. The molecular weight excluding hydrogens is 342 g/mol. The molecule has 0 amide bonds. The summed E-state index contributed by atoms with van der Waals surface area (Å²) in [7, 11) is 0. The average molecular weight is 353 g/mol. The second kappa shape index (κ2) is 7.04. The van der Waals surface area contributed by atoms with E-state index in [1.165, 1.54) is 6.07 Å².